The van der Waals surface area contributed by atoms with E-state index in [4.69, 9.17) is 9.72 Å². The highest BCUT2D eigenvalue weighted by Crippen LogP contribution is 2.30. The fourth-order valence-electron chi connectivity index (χ4n) is 4.14. The molecule has 7 nitrogen and oxygen atoms in total. The van der Waals surface area contributed by atoms with Crippen LogP contribution in [0.5, 0.6) is 11.5 Å². The maximum absolute atomic E-state index is 12.6. The van der Waals surface area contributed by atoms with Crippen molar-refractivity contribution in [3.8, 4) is 11.5 Å². The number of aromatic amines is 1. The van der Waals surface area contributed by atoms with Gasteiger partial charge < -0.3 is 14.4 Å². The van der Waals surface area contributed by atoms with Gasteiger partial charge in [-0.15, -0.1) is 0 Å². The molecule has 1 aromatic heterocycles. The Hall–Kier alpha value is -2.68. The Bertz CT molecular complexity index is 944. The average Bonchev–Trinajstić information content (AvgIpc) is 3.18. The summed E-state index contributed by atoms with van der Waals surface area (Å²) in [6.07, 6.45) is 3.57. The molecule has 0 spiro atoms. The van der Waals surface area contributed by atoms with Crippen molar-refractivity contribution in [1.29, 1.82) is 0 Å². The third kappa shape index (κ3) is 4.56. The zero-order valence-electron chi connectivity index (χ0n) is 17.0. The van der Waals surface area contributed by atoms with E-state index in [0.29, 0.717) is 25.3 Å². The Morgan fingerprint density at radius 3 is 2.63 bits per heavy atom. The Morgan fingerprint density at radius 1 is 1.13 bits per heavy atom. The molecule has 0 saturated carbocycles. The molecule has 2 aromatic rings. The highest BCUT2D eigenvalue weighted by Gasteiger charge is 2.22. The van der Waals surface area contributed by atoms with Gasteiger partial charge in [0, 0.05) is 44.7 Å². The SMILES string of the molecule is COc1cc(CN2CCc3nc(N4CCCC4)[nH]c(=O)c3CC2)ccc1OC(F)F. The van der Waals surface area contributed by atoms with Gasteiger partial charge in [0.25, 0.3) is 5.56 Å². The van der Waals surface area contributed by atoms with Crippen LogP contribution < -0.4 is 19.9 Å². The first-order valence-corrected chi connectivity index (χ1v) is 10.2. The van der Waals surface area contributed by atoms with Crippen molar-refractivity contribution in [2.24, 2.45) is 0 Å². The van der Waals surface area contributed by atoms with Crippen molar-refractivity contribution in [2.75, 3.05) is 38.2 Å². The number of hydrogen-bond donors (Lipinski definition) is 1. The van der Waals surface area contributed by atoms with Crippen LogP contribution in [0.4, 0.5) is 14.7 Å². The average molecular weight is 420 g/mol. The van der Waals surface area contributed by atoms with E-state index in [-0.39, 0.29) is 17.1 Å². The molecule has 4 rings (SSSR count). The number of rotatable bonds is 6. The number of fused-ring (bicyclic) bond motifs is 1. The lowest BCUT2D eigenvalue weighted by Gasteiger charge is -2.20. The van der Waals surface area contributed by atoms with E-state index in [2.05, 4.69) is 19.5 Å². The van der Waals surface area contributed by atoms with Crippen molar-refractivity contribution in [2.45, 2.75) is 38.8 Å². The van der Waals surface area contributed by atoms with Crippen LogP contribution in [-0.4, -0.2) is 54.8 Å². The fourth-order valence-corrected chi connectivity index (χ4v) is 4.14. The zero-order valence-corrected chi connectivity index (χ0v) is 17.0. The number of nitrogens with zero attached hydrogens (tertiary/aromatic N) is 3. The summed E-state index contributed by atoms with van der Waals surface area (Å²) in [5, 5.41) is 0. The minimum Gasteiger partial charge on any atom is -0.493 e. The molecule has 0 radical (unpaired) electrons. The van der Waals surface area contributed by atoms with Gasteiger partial charge in [-0.05, 0) is 37.0 Å². The lowest BCUT2D eigenvalue weighted by molar-refractivity contribution is -0.0512. The molecule has 30 heavy (non-hydrogen) atoms. The largest absolute Gasteiger partial charge is 0.493 e. The molecule has 1 aromatic carbocycles. The van der Waals surface area contributed by atoms with Crippen LogP contribution in [0.25, 0.3) is 0 Å². The Balaban J connectivity index is 1.46. The van der Waals surface area contributed by atoms with Crippen molar-refractivity contribution in [3.63, 3.8) is 0 Å². The third-order valence-corrected chi connectivity index (χ3v) is 5.69. The Kier molecular flexibility index (Phi) is 6.17. The highest BCUT2D eigenvalue weighted by atomic mass is 19.3. The minimum atomic E-state index is -2.90. The van der Waals surface area contributed by atoms with Gasteiger partial charge in [-0.3, -0.25) is 14.7 Å². The van der Waals surface area contributed by atoms with Gasteiger partial charge >= 0.3 is 6.61 Å². The first-order valence-electron chi connectivity index (χ1n) is 10.2. The summed E-state index contributed by atoms with van der Waals surface area (Å²) in [7, 11) is 1.43. The molecule has 0 aliphatic carbocycles. The van der Waals surface area contributed by atoms with Gasteiger partial charge in [0.2, 0.25) is 5.95 Å². The Morgan fingerprint density at radius 2 is 1.90 bits per heavy atom. The number of hydrogen-bond acceptors (Lipinski definition) is 6. The van der Waals surface area contributed by atoms with E-state index < -0.39 is 6.61 Å². The summed E-state index contributed by atoms with van der Waals surface area (Å²) in [6, 6.07) is 4.97. The number of nitrogens with one attached hydrogen (secondary N) is 1. The monoisotopic (exact) mass is 420 g/mol. The predicted octanol–water partition coefficient (Wildman–Crippen LogP) is 2.58. The topological polar surface area (TPSA) is 70.7 Å². The van der Waals surface area contributed by atoms with E-state index >= 15 is 0 Å². The maximum Gasteiger partial charge on any atom is 0.387 e. The quantitative estimate of drug-likeness (QED) is 0.775. The molecule has 1 saturated heterocycles. The van der Waals surface area contributed by atoms with E-state index in [1.54, 1.807) is 12.1 Å². The van der Waals surface area contributed by atoms with E-state index in [1.807, 2.05) is 0 Å². The first-order chi connectivity index (χ1) is 14.5. The van der Waals surface area contributed by atoms with Crippen LogP contribution in [0, 0.1) is 0 Å². The lowest BCUT2D eigenvalue weighted by atomic mass is 10.1. The second-order valence-electron chi connectivity index (χ2n) is 7.65. The summed E-state index contributed by atoms with van der Waals surface area (Å²) in [5.74, 6) is 0.980. The second-order valence-corrected chi connectivity index (χ2v) is 7.65. The molecular weight excluding hydrogens is 394 g/mol. The highest BCUT2D eigenvalue weighted by molar-refractivity contribution is 5.43. The molecule has 0 atom stereocenters. The minimum absolute atomic E-state index is 0.0182. The second kappa shape index (κ2) is 8.99. The molecule has 0 unspecified atom stereocenters. The van der Waals surface area contributed by atoms with Crippen molar-refractivity contribution in [1.82, 2.24) is 14.9 Å². The van der Waals surface area contributed by atoms with Gasteiger partial charge in [0.05, 0.1) is 12.8 Å². The number of methoxy groups -OCH3 is 1. The molecule has 0 amide bonds. The zero-order chi connectivity index (χ0) is 21.1. The molecular formula is C21H26F2N4O3. The van der Waals surface area contributed by atoms with Gasteiger partial charge in [-0.2, -0.15) is 8.78 Å². The lowest BCUT2D eigenvalue weighted by Crippen LogP contribution is -2.27. The Labute approximate surface area is 173 Å². The summed E-state index contributed by atoms with van der Waals surface area (Å²) < 4.78 is 34.7. The number of benzene rings is 1. The van der Waals surface area contributed by atoms with Crippen molar-refractivity contribution in [3.05, 3.63) is 45.4 Å². The fraction of sp³-hybridized carbons (Fsp3) is 0.524. The van der Waals surface area contributed by atoms with Gasteiger partial charge in [0.15, 0.2) is 11.5 Å². The van der Waals surface area contributed by atoms with Gasteiger partial charge in [-0.25, -0.2) is 4.98 Å². The summed E-state index contributed by atoms with van der Waals surface area (Å²) in [6.45, 7) is 1.07. The number of H-pyrrole nitrogens is 1. The summed E-state index contributed by atoms with van der Waals surface area (Å²) in [4.78, 5) is 24.7. The van der Waals surface area contributed by atoms with Crippen LogP contribution in [-0.2, 0) is 19.4 Å². The number of ether oxygens (including phenoxy) is 2. The number of aromatic nitrogens is 2. The third-order valence-electron chi connectivity index (χ3n) is 5.69. The first kappa shape index (κ1) is 20.6. The molecule has 3 heterocycles. The van der Waals surface area contributed by atoms with Crippen LogP contribution in [0.1, 0.15) is 29.7 Å². The smallest absolute Gasteiger partial charge is 0.387 e. The standard InChI is InChI=1S/C21H26F2N4O3/c1-29-18-12-14(4-5-17(18)30-20(22)23)13-26-10-6-15-16(7-11-26)24-21(25-19(15)28)27-8-2-3-9-27/h4-5,12,20H,2-3,6-11,13H2,1H3,(H,24,25,28). The predicted molar refractivity (Wildman–Crippen MR) is 109 cm³/mol. The van der Waals surface area contributed by atoms with Crippen LogP contribution in [0.2, 0.25) is 0 Å². The molecule has 1 fully saturated rings. The van der Waals surface area contributed by atoms with Crippen LogP contribution in [0.15, 0.2) is 23.0 Å². The van der Waals surface area contributed by atoms with Crippen LogP contribution in [0.3, 0.4) is 0 Å². The molecule has 1 N–H and O–H groups in total. The molecule has 162 valence electrons. The van der Waals surface area contributed by atoms with Gasteiger partial charge in [0.1, 0.15) is 0 Å². The maximum atomic E-state index is 12.6. The van der Waals surface area contributed by atoms with Gasteiger partial charge in [-0.1, -0.05) is 6.07 Å². The number of alkyl halides is 2. The summed E-state index contributed by atoms with van der Waals surface area (Å²) in [5.41, 5.74) is 2.53. The van der Waals surface area contributed by atoms with E-state index in [1.165, 1.54) is 13.2 Å². The van der Waals surface area contributed by atoms with E-state index in [9.17, 15) is 13.6 Å². The molecule has 0 bridgehead atoms. The molecule has 2 aliphatic heterocycles. The number of halogens is 2. The normalized spacial score (nSPS) is 17.1. The summed E-state index contributed by atoms with van der Waals surface area (Å²) >= 11 is 0. The van der Waals surface area contributed by atoms with Crippen molar-refractivity contribution < 1.29 is 18.3 Å². The van der Waals surface area contributed by atoms with Crippen LogP contribution >= 0.6 is 0 Å². The number of anilines is 1. The van der Waals surface area contributed by atoms with Crippen molar-refractivity contribution >= 4 is 5.95 Å². The molecule has 9 heteroatoms. The molecule has 2 aliphatic rings. The van der Waals surface area contributed by atoms with E-state index in [0.717, 1.165) is 55.8 Å².